The monoisotopic (exact) mass is 345 g/mol. The van der Waals surface area contributed by atoms with Gasteiger partial charge in [-0.3, -0.25) is 9.69 Å². The first kappa shape index (κ1) is 17.3. The lowest BCUT2D eigenvalue weighted by molar-refractivity contribution is 0.0734. The Morgan fingerprint density at radius 1 is 1.20 bits per heavy atom. The number of ketones is 1. The molecule has 1 aromatic heterocycles. The number of carbonyl (C=O) groups excluding carboxylic acids is 2. The molecule has 0 radical (unpaired) electrons. The van der Waals surface area contributed by atoms with Crippen molar-refractivity contribution in [1.82, 2.24) is 14.8 Å². The van der Waals surface area contributed by atoms with Crippen molar-refractivity contribution in [2.24, 2.45) is 0 Å². The average Bonchev–Trinajstić information content (AvgIpc) is 3.05. The topological polar surface area (TPSA) is 74.9 Å². The summed E-state index contributed by atoms with van der Waals surface area (Å²) in [6, 6.07) is 5.63. The minimum atomic E-state index is -0.279. The lowest BCUT2D eigenvalue weighted by Gasteiger charge is -2.33. The van der Waals surface area contributed by atoms with Crippen LogP contribution in [0.3, 0.4) is 0 Å². The third kappa shape index (κ3) is 3.76. The van der Waals surface area contributed by atoms with E-state index in [1.54, 1.807) is 25.1 Å². The van der Waals surface area contributed by atoms with Gasteiger partial charge in [0.25, 0.3) is 0 Å². The number of benzene rings is 1. The molecule has 1 aliphatic heterocycles. The molecule has 0 atom stereocenters. The van der Waals surface area contributed by atoms with Crippen molar-refractivity contribution in [2.45, 2.75) is 6.92 Å². The highest BCUT2D eigenvalue weighted by Gasteiger charge is 2.24. The van der Waals surface area contributed by atoms with Crippen LogP contribution in [0.4, 0.5) is 4.79 Å². The van der Waals surface area contributed by atoms with E-state index in [2.05, 4.69) is 9.88 Å². The van der Waals surface area contributed by atoms with Crippen LogP contribution in [0.15, 0.2) is 24.4 Å². The molecule has 0 saturated carbocycles. The predicted molar refractivity (Wildman–Crippen MR) is 94.2 cm³/mol. The number of rotatable bonds is 5. The molecule has 3 rings (SSSR count). The van der Waals surface area contributed by atoms with Crippen LogP contribution in [0.25, 0.3) is 10.9 Å². The predicted octanol–water partition coefficient (Wildman–Crippen LogP) is 2.13. The summed E-state index contributed by atoms with van der Waals surface area (Å²) < 4.78 is 10.2. The maximum Gasteiger partial charge on any atom is 0.409 e. The van der Waals surface area contributed by atoms with Crippen LogP contribution in [-0.4, -0.2) is 73.1 Å². The molecule has 0 spiro atoms. The normalized spacial score (nSPS) is 15.4. The van der Waals surface area contributed by atoms with Gasteiger partial charge in [-0.25, -0.2) is 4.79 Å². The molecule has 7 nitrogen and oxygen atoms in total. The van der Waals surface area contributed by atoms with Gasteiger partial charge in [-0.15, -0.1) is 0 Å². The van der Waals surface area contributed by atoms with Gasteiger partial charge < -0.3 is 19.4 Å². The highest BCUT2D eigenvalue weighted by Crippen LogP contribution is 2.23. The zero-order valence-corrected chi connectivity index (χ0v) is 14.6. The van der Waals surface area contributed by atoms with E-state index in [4.69, 9.17) is 9.47 Å². The molecule has 134 valence electrons. The number of Topliss-reactive ketones (excluding diaryl/α,β-unsaturated/α-hetero) is 1. The van der Waals surface area contributed by atoms with E-state index in [9.17, 15) is 9.59 Å². The molecule has 1 aromatic carbocycles. The smallest absolute Gasteiger partial charge is 0.409 e. The van der Waals surface area contributed by atoms with Gasteiger partial charge in [-0.05, 0) is 19.1 Å². The third-order valence-corrected chi connectivity index (χ3v) is 4.45. The van der Waals surface area contributed by atoms with Gasteiger partial charge in [0.05, 0.1) is 20.3 Å². The van der Waals surface area contributed by atoms with Crippen LogP contribution in [0.2, 0.25) is 0 Å². The van der Waals surface area contributed by atoms with Crippen LogP contribution in [-0.2, 0) is 4.74 Å². The molecule has 2 aromatic rings. The largest absolute Gasteiger partial charge is 0.497 e. The van der Waals surface area contributed by atoms with Crippen molar-refractivity contribution in [3.05, 3.63) is 30.0 Å². The van der Waals surface area contributed by atoms with Gasteiger partial charge in [-0.2, -0.15) is 0 Å². The Morgan fingerprint density at radius 2 is 1.96 bits per heavy atom. The summed E-state index contributed by atoms with van der Waals surface area (Å²) in [6.45, 7) is 5.01. The number of carbonyl (C=O) groups is 2. The zero-order valence-electron chi connectivity index (χ0n) is 14.6. The summed E-state index contributed by atoms with van der Waals surface area (Å²) in [6.07, 6.45) is 1.47. The van der Waals surface area contributed by atoms with Crippen LogP contribution in [0.5, 0.6) is 5.75 Å². The number of methoxy groups -OCH3 is 1. The molecular formula is C18H23N3O4. The van der Waals surface area contributed by atoms with Crippen LogP contribution >= 0.6 is 0 Å². The third-order valence-electron chi connectivity index (χ3n) is 4.45. The molecule has 1 saturated heterocycles. The molecule has 0 unspecified atom stereocenters. The Kier molecular flexibility index (Phi) is 5.23. The molecule has 2 heterocycles. The Labute approximate surface area is 146 Å². The van der Waals surface area contributed by atoms with E-state index in [0.717, 1.165) is 16.7 Å². The van der Waals surface area contributed by atoms with Gasteiger partial charge in [0.2, 0.25) is 0 Å². The molecular weight excluding hydrogens is 322 g/mol. The van der Waals surface area contributed by atoms with Crippen molar-refractivity contribution >= 4 is 22.8 Å². The van der Waals surface area contributed by atoms with Gasteiger partial charge in [0.1, 0.15) is 5.75 Å². The Morgan fingerprint density at radius 3 is 2.64 bits per heavy atom. The Hall–Kier alpha value is -2.54. The fourth-order valence-corrected chi connectivity index (χ4v) is 3.05. The molecule has 1 aliphatic rings. The Bertz CT molecular complexity index is 763. The standard InChI is InChI=1S/C18H23N3O4/c1-3-25-18(23)21-8-6-20(7-9-21)12-17(22)15-11-19-16-10-13(24-2)4-5-14(15)16/h4-5,10-11,19H,3,6-9,12H2,1-2H3. The van der Waals surface area contributed by atoms with Gasteiger partial charge in [0.15, 0.2) is 5.78 Å². The van der Waals surface area contributed by atoms with E-state index in [1.807, 2.05) is 18.2 Å². The summed E-state index contributed by atoms with van der Waals surface area (Å²) in [7, 11) is 1.62. The number of aromatic amines is 1. The number of hydrogen-bond donors (Lipinski definition) is 1. The summed E-state index contributed by atoms with van der Waals surface area (Å²) in [5, 5.41) is 0.899. The van der Waals surface area contributed by atoms with Crippen LogP contribution in [0, 0.1) is 0 Å². The van der Waals surface area contributed by atoms with E-state index >= 15 is 0 Å². The quantitative estimate of drug-likeness (QED) is 0.840. The van der Waals surface area contributed by atoms with E-state index in [1.165, 1.54) is 0 Å². The van der Waals surface area contributed by atoms with Crippen molar-refractivity contribution in [1.29, 1.82) is 0 Å². The second kappa shape index (κ2) is 7.57. The van der Waals surface area contributed by atoms with Gasteiger partial charge in [0, 0.05) is 54.9 Å². The molecule has 0 bridgehead atoms. The van der Waals surface area contributed by atoms with Crippen molar-refractivity contribution in [3.63, 3.8) is 0 Å². The second-order valence-corrected chi connectivity index (χ2v) is 6.00. The molecule has 1 N–H and O–H groups in total. The molecule has 1 amide bonds. The maximum absolute atomic E-state index is 12.7. The lowest BCUT2D eigenvalue weighted by Crippen LogP contribution is -2.50. The van der Waals surface area contributed by atoms with Gasteiger partial charge in [-0.1, -0.05) is 0 Å². The molecule has 1 fully saturated rings. The molecule has 0 aliphatic carbocycles. The van der Waals surface area contributed by atoms with Gasteiger partial charge >= 0.3 is 6.09 Å². The van der Waals surface area contributed by atoms with Crippen LogP contribution < -0.4 is 4.74 Å². The van der Waals surface area contributed by atoms with E-state index in [-0.39, 0.29) is 11.9 Å². The number of fused-ring (bicyclic) bond motifs is 1. The average molecular weight is 345 g/mol. The SMILES string of the molecule is CCOC(=O)N1CCN(CC(=O)c2c[nH]c3cc(OC)ccc23)CC1. The van der Waals surface area contributed by atoms with Crippen LogP contribution in [0.1, 0.15) is 17.3 Å². The number of hydrogen-bond acceptors (Lipinski definition) is 5. The van der Waals surface area contributed by atoms with Crippen molar-refractivity contribution in [3.8, 4) is 5.75 Å². The minimum Gasteiger partial charge on any atom is -0.497 e. The second-order valence-electron chi connectivity index (χ2n) is 6.00. The van der Waals surface area contributed by atoms with E-state index in [0.29, 0.717) is 44.9 Å². The summed E-state index contributed by atoms with van der Waals surface area (Å²) >= 11 is 0. The number of nitrogens with zero attached hydrogens (tertiary/aromatic N) is 2. The first-order valence-electron chi connectivity index (χ1n) is 8.44. The maximum atomic E-state index is 12.7. The lowest BCUT2D eigenvalue weighted by atomic mass is 10.1. The summed E-state index contributed by atoms with van der Waals surface area (Å²) in [5.41, 5.74) is 1.57. The summed E-state index contributed by atoms with van der Waals surface area (Å²) in [4.78, 5) is 31.3. The fourth-order valence-electron chi connectivity index (χ4n) is 3.05. The fraction of sp³-hybridized carbons (Fsp3) is 0.444. The molecule has 25 heavy (non-hydrogen) atoms. The number of amides is 1. The van der Waals surface area contributed by atoms with Crippen molar-refractivity contribution < 1.29 is 19.1 Å². The number of ether oxygens (including phenoxy) is 2. The highest BCUT2D eigenvalue weighted by molar-refractivity contribution is 6.09. The first-order valence-corrected chi connectivity index (χ1v) is 8.44. The molecule has 7 heteroatoms. The number of H-pyrrole nitrogens is 1. The van der Waals surface area contributed by atoms with E-state index < -0.39 is 0 Å². The number of aromatic nitrogens is 1. The zero-order chi connectivity index (χ0) is 17.8. The Balaban J connectivity index is 1.61. The highest BCUT2D eigenvalue weighted by atomic mass is 16.6. The first-order chi connectivity index (χ1) is 12.1. The van der Waals surface area contributed by atoms with Crippen molar-refractivity contribution in [2.75, 3.05) is 46.4 Å². The number of nitrogens with one attached hydrogen (secondary N) is 1. The number of piperazine rings is 1. The summed E-state index contributed by atoms with van der Waals surface area (Å²) in [5.74, 6) is 0.824. The minimum absolute atomic E-state index is 0.0704.